The third-order valence-corrected chi connectivity index (χ3v) is 9.45. The van der Waals surface area contributed by atoms with Gasteiger partial charge in [0.15, 0.2) is 0 Å². The summed E-state index contributed by atoms with van der Waals surface area (Å²) in [6.45, 7) is 8.71. The van der Waals surface area contributed by atoms with Gasteiger partial charge in [-0.25, -0.2) is 8.78 Å². The van der Waals surface area contributed by atoms with Crippen LogP contribution in [0.1, 0.15) is 85.0 Å². The zero-order chi connectivity index (χ0) is 28.9. The molecule has 1 saturated heterocycles. The molecule has 4 rings (SSSR count). The molecular formula is C33H49F2N3O2. The van der Waals surface area contributed by atoms with Crippen LogP contribution in [0, 0.1) is 23.2 Å². The normalized spacial score (nSPS) is 31.1. The molecule has 40 heavy (non-hydrogen) atoms. The molecule has 5 nitrogen and oxygen atoms in total. The van der Waals surface area contributed by atoms with Crippen LogP contribution in [0.5, 0.6) is 0 Å². The molecule has 0 aromatic heterocycles. The lowest BCUT2D eigenvalue weighted by Crippen LogP contribution is -2.62. The van der Waals surface area contributed by atoms with Crippen LogP contribution in [-0.2, 0) is 9.59 Å². The van der Waals surface area contributed by atoms with Gasteiger partial charge in [-0.2, -0.15) is 0 Å². The van der Waals surface area contributed by atoms with Crippen LogP contribution in [0.25, 0.3) is 0 Å². The summed E-state index contributed by atoms with van der Waals surface area (Å²) in [6, 6.07) is 0.0496. The van der Waals surface area contributed by atoms with Crippen LogP contribution in [0.2, 0.25) is 0 Å². The molecule has 6 unspecified atom stereocenters. The summed E-state index contributed by atoms with van der Waals surface area (Å²) in [5.41, 5.74) is 6.44. The van der Waals surface area contributed by atoms with E-state index < -0.39 is 6.17 Å². The molecular weight excluding hydrogens is 508 g/mol. The smallest absolute Gasteiger partial charge is 0.223 e. The molecule has 1 aliphatic heterocycles. The molecule has 2 N–H and O–H groups in total. The van der Waals surface area contributed by atoms with Crippen LogP contribution < -0.4 is 5.73 Å². The molecule has 0 aromatic rings. The van der Waals surface area contributed by atoms with Gasteiger partial charge in [0.1, 0.15) is 12.0 Å². The molecule has 0 radical (unpaired) electrons. The second kappa shape index (κ2) is 13.6. The Morgan fingerprint density at radius 2 is 1.68 bits per heavy atom. The zero-order valence-electron chi connectivity index (χ0n) is 24.7. The van der Waals surface area contributed by atoms with Crippen molar-refractivity contribution in [3.8, 4) is 0 Å². The first kappa shape index (κ1) is 30.7. The number of piperazine rings is 1. The molecule has 0 spiro atoms. The number of hydrogen-bond acceptors (Lipinski definition) is 3. The Bertz CT molecular complexity index is 1030. The van der Waals surface area contributed by atoms with Gasteiger partial charge in [-0.3, -0.25) is 14.5 Å². The van der Waals surface area contributed by atoms with Crippen molar-refractivity contribution < 1.29 is 18.4 Å². The maximum Gasteiger partial charge on any atom is 0.223 e. The topological polar surface area (TPSA) is 66.6 Å². The lowest BCUT2D eigenvalue weighted by atomic mass is 9.79. The van der Waals surface area contributed by atoms with Crippen molar-refractivity contribution in [1.29, 1.82) is 0 Å². The maximum atomic E-state index is 13.9. The molecule has 3 aliphatic carbocycles. The Morgan fingerprint density at radius 3 is 2.25 bits per heavy atom. The Kier molecular flexibility index (Phi) is 10.4. The minimum Gasteiger partial charge on any atom is -0.370 e. The van der Waals surface area contributed by atoms with Crippen LogP contribution in [0.4, 0.5) is 8.78 Å². The fraction of sp³-hybridized carbons (Fsp3) is 0.697. The van der Waals surface area contributed by atoms with Crippen molar-refractivity contribution in [3.63, 3.8) is 0 Å². The molecule has 2 fully saturated rings. The Labute approximate surface area is 239 Å². The van der Waals surface area contributed by atoms with Crippen molar-refractivity contribution in [2.75, 3.05) is 19.6 Å². The average molecular weight is 558 g/mol. The summed E-state index contributed by atoms with van der Waals surface area (Å²) in [7, 11) is 0. The van der Waals surface area contributed by atoms with Gasteiger partial charge in [0, 0.05) is 56.9 Å². The third kappa shape index (κ3) is 8.14. The van der Waals surface area contributed by atoms with E-state index in [9.17, 15) is 18.4 Å². The number of primary amides is 1. The monoisotopic (exact) mass is 557 g/mol. The highest BCUT2D eigenvalue weighted by molar-refractivity contribution is 5.77. The van der Waals surface area contributed by atoms with E-state index in [4.69, 9.17) is 5.73 Å². The maximum absolute atomic E-state index is 13.9. The number of allylic oxidation sites excluding steroid dienone is 5. The Morgan fingerprint density at radius 1 is 0.975 bits per heavy atom. The van der Waals surface area contributed by atoms with Gasteiger partial charge >= 0.3 is 0 Å². The number of carbonyl (C=O) groups is 2. The second-order valence-corrected chi connectivity index (χ2v) is 13.5. The molecule has 6 atom stereocenters. The van der Waals surface area contributed by atoms with E-state index >= 15 is 0 Å². The highest BCUT2D eigenvalue weighted by atomic mass is 19.1. The predicted octanol–water partition coefficient (Wildman–Crippen LogP) is 6.42. The van der Waals surface area contributed by atoms with Gasteiger partial charge < -0.3 is 10.6 Å². The molecule has 1 heterocycles. The fourth-order valence-corrected chi connectivity index (χ4v) is 7.18. The highest BCUT2D eigenvalue weighted by Crippen LogP contribution is 2.37. The summed E-state index contributed by atoms with van der Waals surface area (Å²) in [5.74, 6) is 0.577. The van der Waals surface area contributed by atoms with Gasteiger partial charge in [0.2, 0.25) is 11.8 Å². The minimum atomic E-state index is -0.959. The van der Waals surface area contributed by atoms with E-state index in [1.165, 1.54) is 0 Å². The summed E-state index contributed by atoms with van der Waals surface area (Å²) < 4.78 is 27.8. The molecule has 2 amide bonds. The van der Waals surface area contributed by atoms with Crippen LogP contribution in [0.3, 0.4) is 0 Å². The van der Waals surface area contributed by atoms with Crippen molar-refractivity contribution in [2.24, 2.45) is 28.9 Å². The Balaban J connectivity index is 1.47. The summed E-state index contributed by atoms with van der Waals surface area (Å²) in [6.07, 6.45) is 18.0. The number of rotatable bonds is 7. The number of nitrogens with zero attached hydrogens (tertiary/aromatic N) is 2. The third-order valence-electron chi connectivity index (χ3n) is 9.45. The molecule has 4 aliphatic rings. The van der Waals surface area contributed by atoms with Crippen molar-refractivity contribution >= 4 is 11.8 Å². The first-order valence-corrected chi connectivity index (χ1v) is 15.4. The summed E-state index contributed by atoms with van der Waals surface area (Å²) in [4.78, 5) is 29.9. The van der Waals surface area contributed by atoms with Gasteiger partial charge in [-0.15, -0.1) is 0 Å². The molecule has 1 saturated carbocycles. The predicted molar refractivity (Wildman–Crippen MR) is 157 cm³/mol. The number of nitrogens with two attached hydrogens (primary N) is 1. The van der Waals surface area contributed by atoms with E-state index in [-0.39, 0.29) is 41.1 Å². The van der Waals surface area contributed by atoms with Crippen molar-refractivity contribution in [2.45, 2.75) is 103 Å². The quantitative estimate of drug-likeness (QED) is 0.393. The number of carbonyl (C=O) groups excluding carboxylic acids is 2. The van der Waals surface area contributed by atoms with E-state index in [2.05, 4.69) is 30.6 Å². The van der Waals surface area contributed by atoms with E-state index in [0.717, 1.165) is 57.2 Å². The lowest BCUT2D eigenvalue weighted by molar-refractivity contribution is -0.141. The standard InChI is InChI=1S/C33H49F2N3O2/c1-33(2,3)29-22-37(32(25-10-14-27(34)15-11-25)26-12-16-28(35)17-13-26)18-19-38(29)31(40)21-24-7-5-4-6-23(8-9-24)20-30(36)39/h10-12,14,16-17,23-24,26-27,29,32H,4-9,13,15,18-22H2,1-3H3,(H2,36,39). The molecule has 0 bridgehead atoms. The van der Waals surface area contributed by atoms with Gasteiger partial charge in [0.05, 0.1) is 0 Å². The van der Waals surface area contributed by atoms with E-state index in [0.29, 0.717) is 44.1 Å². The number of halogens is 2. The molecule has 0 aromatic carbocycles. The van der Waals surface area contributed by atoms with Crippen LogP contribution in [-0.4, -0.2) is 59.5 Å². The van der Waals surface area contributed by atoms with Gasteiger partial charge in [0.25, 0.3) is 0 Å². The van der Waals surface area contributed by atoms with E-state index in [1.807, 2.05) is 18.2 Å². The van der Waals surface area contributed by atoms with Crippen LogP contribution in [0.15, 0.2) is 47.9 Å². The van der Waals surface area contributed by atoms with Gasteiger partial charge in [-0.05, 0) is 67.1 Å². The van der Waals surface area contributed by atoms with Crippen molar-refractivity contribution in [3.05, 3.63) is 47.9 Å². The molecule has 7 heteroatoms. The first-order chi connectivity index (χ1) is 19.0. The van der Waals surface area contributed by atoms with Crippen LogP contribution >= 0.6 is 0 Å². The number of amides is 2. The average Bonchev–Trinajstić information content (AvgIpc) is 2.89. The number of hydrogen-bond donors (Lipinski definition) is 1. The lowest BCUT2D eigenvalue weighted by Gasteiger charge is -2.51. The molecule has 222 valence electrons. The van der Waals surface area contributed by atoms with Gasteiger partial charge in [-0.1, -0.05) is 57.9 Å². The SMILES string of the molecule is CC(C)(C)C1CN(C(C2=CCC(F)C=C2)C2C=CC(F)=CC2)CCN1C(=O)CC1CCCCC(CC(N)=O)CC1. The van der Waals surface area contributed by atoms with Crippen molar-refractivity contribution in [1.82, 2.24) is 9.80 Å². The minimum absolute atomic E-state index is 0.0132. The Hall–Kier alpha value is -2.28. The first-order valence-electron chi connectivity index (χ1n) is 15.4. The summed E-state index contributed by atoms with van der Waals surface area (Å²) >= 11 is 0. The summed E-state index contributed by atoms with van der Waals surface area (Å²) in [5, 5.41) is 0. The largest absolute Gasteiger partial charge is 0.370 e. The second-order valence-electron chi connectivity index (χ2n) is 13.5. The number of alkyl halides is 1. The zero-order valence-corrected chi connectivity index (χ0v) is 24.7. The highest BCUT2D eigenvalue weighted by Gasteiger charge is 2.42. The van der Waals surface area contributed by atoms with E-state index in [1.54, 1.807) is 18.2 Å². The fourth-order valence-electron chi connectivity index (χ4n) is 7.18.